The molecule has 0 spiro atoms. The topological polar surface area (TPSA) is 64.0 Å². The van der Waals surface area contributed by atoms with E-state index in [4.69, 9.17) is 0 Å². The fourth-order valence-corrected chi connectivity index (χ4v) is 3.22. The molecule has 6 nitrogen and oxygen atoms in total. The van der Waals surface area contributed by atoms with Crippen LogP contribution in [-0.4, -0.2) is 47.2 Å². The average Bonchev–Trinajstić information content (AvgIpc) is 2.72. The summed E-state index contributed by atoms with van der Waals surface area (Å²) in [7, 11) is 0. The van der Waals surface area contributed by atoms with E-state index in [1.54, 1.807) is 9.80 Å². The first-order chi connectivity index (χ1) is 13.8. The SMILES string of the molecule is CC(C)c1ccc(N=C(NO)N2CCN(c3ncccc3C(F)(F)F)CC2)cc1. The van der Waals surface area contributed by atoms with Gasteiger partial charge in [0, 0.05) is 32.4 Å². The Kier molecular flexibility index (Phi) is 6.26. The maximum atomic E-state index is 13.2. The number of alkyl halides is 3. The third kappa shape index (κ3) is 4.97. The highest BCUT2D eigenvalue weighted by Gasteiger charge is 2.36. The van der Waals surface area contributed by atoms with Crippen LogP contribution in [0.25, 0.3) is 0 Å². The van der Waals surface area contributed by atoms with E-state index in [1.165, 1.54) is 17.8 Å². The smallest absolute Gasteiger partial charge is 0.353 e. The molecule has 0 unspecified atom stereocenters. The van der Waals surface area contributed by atoms with Crippen molar-refractivity contribution in [2.75, 3.05) is 31.1 Å². The Morgan fingerprint density at radius 3 is 2.31 bits per heavy atom. The quantitative estimate of drug-likeness (QED) is 0.457. The average molecular weight is 407 g/mol. The van der Waals surface area contributed by atoms with Crippen LogP contribution >= 0.6 is 0 Å². The molecule has 0 atom stereocenters. The van der Waals surface area contributed by atoms with Crippen molar-refractivity contribution >= 4 is 17.5 Å². The Labute approximate surface area is 167 Å². The van der Waals surface area contributed by atoms with Crippen molar-refractivity contribution in [2.24, 2.45) is 4.99 Å². The number of halogens is 3. The predicted molar refractivity (Wildman–Crippen MR) is 106 cm³/mol. The van der Waals surface area contributed by atoms with Crippen molar-refractivity contribution in [1.29, 1.82) is 0 Å². The first kappa shape index (κ1) is 20.9. The molecule has 156 valence electrons. The number of hydrogen-bond acceptors (Lipinski definition) is 4. The Hall–Kier alpha value is -2.81. The van der Waals surface area contributed by atoms with Crippen LogP contribution in [-0.2, 0) is 6.18 Å². The molecule has 0 aliphatic carbocycles. The number of nitrogens with zero attached hydrogens (tertiary/aromatic N) is 4. The molecule has 1 aliphatic heterocycles. The van der Waals surface area contributed by atoms with Crippen LogP contribution in [0.1, 0.15) is 30.9 Å². The molecule has 29 heavy (non-hydrogen) atoms. The van der Waals surface area contributed by atoms with Gasteiger partial charge < -0.3 is 9.80 Å². The van der Waals surface area contributed by atoms with E-state index in [9.17, 15) is 18.4 Å². The molecule has 0 amide bonds. The van der Waals surface area contributed by atoms with E-state index in [1.807, 2.05) is 24.3 Å². The van der Waals surface area contributed by atoms with E-state index >= 15 is 0 Å². The Bertz CT molecular complexity index is 844. The minimum absolute atomic E-state index is 0.0700. The van der Waals surface area contributed by atoms with Crippen molar-refractivity contribution < 1.29 is 18.4 Å². The number of nitrogens with one attached hydrogen (secondary N) is 1. The highest BCUT2D eigenvalue weighted by molar-refractivity contribution is 5.82. The molecule has 0 saturated carbocycles. The zero-order chi connectivity index (χ0) is 21.0. The molecule has 0 radical (unpaired) electrons. The molecule has 2 aromatic rings. The van der Waals surface area contributed by atoms with Gasteiger partial charge in [0.1, 0.15) is 5.82 Å². The van der Waals surface area contributed by atoms with Crippen molar-refractivity contribution in [2.45, 2.75) is 25.9 Å². The van der Waals surface area contributed by atoms with Crippen LogP contribution in [0.4, 0.5) is 24.7 Å². The minimum atomic E-state index is -4.46. The number of hydrogen-bond donors (Lipinski definition) is 2. The summed E-state index contributed by atoms with van der Waals surface area (Å²) >= 11 is 0. The molecule has 1 aliphatic rings. The zero-order valence-electron chi connectivity index (χ0n) is 16.3. The number of rotatable bonds is 3. The fraction of sp³-hybridized carbons (Fsp3) is 0.400. The first-order valence-corrected chi connectivity index (χ1v) is 9.40. The lowest BCUT2D eigenvalue weighted by Gasteiger charge is -2.37. The monoisotopic (exact) mass is 407 g/mol. The van der Waals surface area contributed by atoms with E-state index in [2.05, 4.69) is 29.3 Å². The summed E-state index contributed by atoms with van der Waals surface area (Å²) in [4.78, 5) is 11.8. The van der Waals surface area contributed by atoms with Crippen molar-refractivity contribution in [3.05, 3.63) is 53.7 Å². The van der Waals surface area contributed by atoms with Crippen LogP contribution in [0.3, 0.4) is 0 Å². The zero-order valence-corrected chi connectivity index (χ0v) is 16.3. The van der Waals surface area contributed by atoms with Gasteiger partial charge in [0.2, 0.25) is 5.96 Å². The lowest BCUT2D eigenvalue weighted by Crippen LogP contribution is -2.52. The van der Waals surface area contributed by atoms with E-state index in [-0.39, 0.29) is 11.8 Å². The standard InChI is InChI=1S/C20H24F3N5O/c1-14(2)15-5-7-16(8-6-15)25-19(26-29)28-12-10-27(11-13-28)18-17(20(21,22)23)4-3-9-24-18/h3-9,14,29H,10-13H2,1-2H3,(H,25,26). The van der Waals surface area contributed by atoms with E-state index in [0.717, 1.165) is 6.07 Å². The molecule has 2 N–H and O–H groups in total. The number of pyridine rings is 1. The van der Waals surface area contributed by atoms with Gasteiger partial charge in [0.05, 0.1) is 11.3 Å². The summed E-state index contributed by atoms with van der Waals surface area (Å²) in [6.45, 7) is 5.64. The number of anilines is 1. The van der Waals surface area contributed by atoms with Gasteiger partial charge in [-0.3, -0.25) is 5.21 Å². The van der Waals surface area contributed by atoms with E-state index < -0.39 is 11.7 Å². The maximum Gasteiger partial charge on any atom is 0.419 e. The molecular formula is C20H24F3N5O. The van der Waals surface area contributed by atoms with Crippen LogP contribution in [0, 0.1) is 0 Å². The highest BCUT2D eigenvalue weighted by atomic mass is 19.4. The summed E-state index contributed by atoms with van der Waals surface area (Å²) in [5.74, 6) is 0.600. The Morgan fingerprint density at radius 2 is 1.76 bits per heavy atom. The van der Waals surface area contributed by atoms with Crippen LogP contribution in [0.2, 0.25) is 0 Å². The molecule has 9 heteroatoms. The molecule has 0 bridgehead atoms. The first-order valence-electron chi connectivity index (χ1n) is 9.40. The minimum Gasteiger partial charge on any atom is -0.353 e. The van der Waals surface area contributed by atoms with Gasteiger partial charge in [-0.25, -0.2) is 15.5 Å². The maximum absolute atomic E-state index is 13.2. The molecule has 1 aromatic heterocycles. The van der Waals surface area contributed by atoms with E-state index in [0.29, 0.717) is 37.8 Å². The van der Waals surface area contributed by atoms with Gasteiger partial charge in [-0.05, 0) is 35.7 Å². The largest absolute Gasteiger partial charge is 0.419 e. The van der Waals surface area contributed by atoms with Gasteiger partial charge in [0.25, 0.3) is 0 Å². The second-order valence-corrected chi connectivity index (χ2v) is 7.14. The molecular weight excluding hydrogens is 383 g/mol. The number of piperazine rings is 1. The van der Waals surface area contributed by atoms with Crippen LogP contribution in [0.15, 0.2) is 47.6 Å². The molecule has 2 heterocycles. The van der Waals surface area contributed by atoms with Gasteiger partial charge in [-0.15, -0.1) is 0 Å². The van der Waals surface area contributed by atoms with Crippen molar-refractivity contribution in [1.82, 2.24) is 15.4 Å². The van der Waals surface area contributed by atoms with Crippen molar-refractivity contribution in [3.8, 4) is 0 Å². The Morgan fingerprint density at radius 1 is 1.10 bits per heavy atom. The van der Waals surface area contributed by atoms with Crippen LogP contribution < -0.4 is 10.4 Å². The molecule has 1 fully saturated rings. The molecule has 1 aromatic carbocycles. The summed E-state index contributed by atoms with van der Waals surface area (Å²) in [5.41, 5.74) is 3.23. The summed E-state index contributed by atoms with van der Waals surface area (Å²) in [6.07, 6.45) is -3.10. The second-order valence-electron chi connectivity index (χ2n) is 7.14. The van der Waals surface area contributed by atoms with Crippen LogP contribution in [0.5, 0.6) is 0 Å². The number of hydroxylamine groups is 1. The predicted octanol–water partition coefficient (Wildman–Crippen LogP) is 4.01. The fourth-order valence-electron chi connectivity index (χ4n) is 3.22. The Balaban J connectivity index is 1.71. The third-order valence-corrected chi connectivity index (χ3v) is 4.87. The van der Waals surface area contributed by atoms with Crippen molar-refractivity contribution in [3.63, 3.8) is 0 Å². The van der Waals surface area contributed by atoms with Gasteiger partial charge in [-0.2, -0.15) is 13.2 Å². The number of aromatic nitrogens is 1. The molecule has 3 rings (SSSR count). The number of guanidine groups is 1. The number of aliphatic imine (C=N–C) groups is 1. The summed E-state index contributed by atoms with van der Waals surface area (Å²) in [6, 6.07) is 10.0. The lowest BCUT2D eigenvalue weighted by molar-refractivity contribution is -0.137. The third-order valence-electron chi connectivity index (χ3n) is 4.87. The normalized spacial score (nSPS) is 15.8. The number of benzene rings is 1. The van der Waals surface area contributed by atoms with Gasteiger partial charge >= 0.3 is 6.18 Å². The highest BCUT2D eigenvalue weighted by Crippen LogP contribution is 2.35. The molecule has 1 saturated heterocycles. The lowest BCUT2D eigenvalue weighted by atomic mass is 10.0. The van der Waals surface area contributed by atoms with Gasteiger partial charge in [-0.1, -0.05) is 26.0 Å². The summed E-state index contributed by atoms with van der Waals surface area (Å²) < 4.78 is 39.7. The second kappa shape index (κ2) is 8.69. The van der Waals surface area contributed by atoms with Gasteiger partial charge in [0.15, 0.2) is 0 Å². The summed E-state index contributed by atoms with van der Waals surface area (Å²) in [5, 5.41) is 9.52.